The van der Waals surface area contributed by atoms with Crippen molar-refractivity contribution in [2.24, 2.45) is 0 Å². The van der Waals surface area contributed by atoms with Gasteiger partial charge in [-0.1, -0.05) is 67.6 Å². The molecule has 1 heterocycles. The second-order valence-electron chi connectivity index (χ2n) is 7.33. The number of para-hydroxylation sites is 2. The average Bonchev–Trinajstić information content (AvgIpc) is 2.82. The van der Waals surface area contributed by atoms with Crippen molar-refractivity contribution < 1.29 is 13.2 Å². The lowest BCUT2D eigenvalue weighted by molar-refractivity contribution is 0.0936. The van der Waals surface area contributed by atoms with Crippen molar-refractivity contribution in [1.82, 2.24) is 10.3 Å². The Morgan fingerprint density at radius 2 is 1.62 bits per heavy atom. The largest absolute Gasteiger partial charge is 0.345 e. The van der Waals surface area contributed by atoms with Gasteiger partial charge in [-0.15, -0.1) is 0 Å². The van der Waals surface area contributed by atoms with E-state index in [1.165, 1.54) is 6.07 Å². The third-order valence-corrected chi connectivity index (χ3v) is 6.61. The third-order valence-electron chi connectivity index (χ3n) is 5.22. The van der Waals surface area contributed by atoms with Gasteiger partial charge in [0.15, 0.2) is 0 Å². The second-order valence-corrected chi connectivity index (χ2v) is 8.98. The summed E-state index contributed by atoms with van der Waals surface area (Å²) in [5.74, 6) is -0.352. The van der Waals surface area contributed by atoms with Crippen LogP contribution in [0.25, 0.3) is 10.9 Å². The predicted octanol–water partition coefficient (Wildman–Crippen LogP) is 4.92. The molecule has 0 spiro atoms. The second kappa shape index (κ2) is 9.20. The molecule has 0 fully saturated rings. The maximum atomic E-state index is 13.2. The summed E-state index contributed by atoms with van der Waals surface area (Å²) in [5, 5.41) is 3.73. The normalized spacial score (nSPS) is 12.3. The molecule has 1 amide bonds. The zero-order chi connectivity index (χ0) is 22.6. The minimum Gasteiger partial charge on any atom is -0.345 e. The lowest BCUT2D eigenvalue weighted by atomic mass is 10.0. The van der Waals surface area contributed by atoms with Gasteiger partial charge in [0.1, 0.15) is 4.90 Å². The molecular formula is C25H23N3O3S. The standard InChI is InChI=1S/C25H23N3O3S/c1-2-21(18-10-4-3-5-11-18)27-25(29)20-14-6-7-15-22(20)28-32(30,31)23-16-8-12-19-13-9-17-26-24(19)23/h3-17,21,28H,2H2,1H3,(H,27,29)/t21-/m1/s1. The minimum atomic E-state index is -3.97. The van der Waals surface area contributed by atoms with Crippen LogP contribution < -0.4 is 10.0 Å². The maximum Gasteiger partial charge on any atom is 0.264 e. The number of fused-ring (bicyclic) bond motifs is 1. The smallest absolute Gasteiger partial charge is 0.264 e. The van der Waals surface area contributed by atoms with Crippen molar-refractivity contribution in [3.63, 3.8) is 0 Å². The number of rotatable bonds is 7. The monoisotopic (exact) mass is 445 g/mol. The topological polar surface area (TPSA) is 88.2 Å². The average molecular weight is 446 g/mol. The molecule has 7 heteroatoms. The molecule has 0 saturated heterocycles. The fourth-order valence-electron chi connectivity index (χ4n) is 3.61. The zero-order valence-electron chi connectivity index (χ0n) is 17.5. The molecule has 32 heavy (non-hydrogen) atoms. The van der Waals surface area contributed by atoms with E-state index in [-0.39, 0.29) is 28.1 Å². The summed E-state index contributed by atoms with van der Waals surface area (Å²) in [4.78, 5) is 17.4. The number of hydrogen-bond acceptors (Lipinski definition) is 4. The summed E-state index contributed by atoms with van der Waals surface area (Å²) in [5.41, 5.74) is 1.82. The number of pyridine rings is 1. The first kappa shape index (κ1) is 21.5. The van der Waals surface area contributed by atoms with Crippen molar-refractivity contribution in [2.75, 3.05) is 4.72 Å². The number of carbonyl (C=O) groups is 1. The van der Waals surface area contributed by atoms with Crippen LogP contribution in [0.1, 0.15) is 35.3 Å². The van der Waals surface area contributed by atoms with Crippen molar-refractivity contribution in [3.05, 3.63) is 102 Å². The van der Waals surface area contributed by atoms with Crippen LogP contribution in [0.2, 0.25) is 0 Å². The Labute approximate surface area is 187 Å². The Hall–Kier alpha value is -3.71. The molecule has 0 radical (unpaired) electrons. The predicted molar refractivity (Wildman–Crippen MR) is 126 cm³/mol. The number of benzene rings is 3. The van der Waals surface area contributed by atoms with Gasteiger partial charge in [-0.25, -0.2) is 8.42 Å². The maximum absolute atomic E-state index is 13.2. The van der Waals surface area contributed by atoms with Crippen LogP contribution in [0, 0.1) is 0 Å². The van der Waals surface area contributed by atoms with Crippen molar-refractivity contribution in [3.8, 4) is 0 Å². The summed E-state index contributed by atoms with van der Waals surface area (Å²) in [7, 11) is -3.97. The van der Waals surface area contributed by atoms with E-state index < -0.39 is 10.0 Å². The van der Waals surface area contributed by atoms with Gasteiger partial charge in [-0.05, 0) is 36.2 Å². The van der Waals surface area contributed by atoms with Crippen LogP contribution in [-0.2, 0) is 10.0 Å². The first-order chi connectivity index (χ1) is 15.5. The van der Waals surface area contributed by atoms with Crippen LogP contribution in [0.4, 0.5) is 5.69 Å². The fourth-order valence-corrected chi connectivity index (χ4v) is 4.87. The molecule has 2 N–H and O–H groups in total. The summed E-state index contributed by atoms with van der Waals surface area (Å²) in [6.45, 7) is 1.99. The molecule has 162 valence electrons. The van der Waals surface area contributed by atoms with Crippen LogP contribution in [0.3, 0.4) is 0 Å². The van der Waals surface area contributed by atoms with Gasteiger partial charge in [0.25, 0.3) is 15.9 Å². The van der Waals surface area contributed by atoms with E-state index in [4.69, 9.17) is 0 Å². The lowest BCUT2D eigenvalue weighted by Crippen LogP contribution is -2.29. The highest BCUT2D eigenvalue weighted by Gasteiger charge is 2.22. The highest BCUT2D eigenvalue weighted by molar-refractivity contribution is 7.93. The molecule has 0 unspecified atom stereocenters. The van der Waals surface area contributed by atoms with Gasteiger partial charge >= 0.3 is 0 Å². The first-order valence-corrected chi connectivity index (χ1v) is 11.8. The molecule has 6 nitrogen and oxygen atoms in total. The Kier molecular flexibility index (Phi) is 6.18. The lowest BCUT2D eigenvalue weighted by Gasteiger charge is -2.19. The molecule has 0 bridgehead atoms. The highest BCUT2D eigenvalue weighted by Crippen LogP contribution is 2.26. The van der Waals surface area contributed by atoms with E-state index in [1.807, 2.05) is 37.3 Å². The SMILES string of the molecule is CC[C@@H](NC(=O)c1ccccc1NS(=O)(=O)c1cccc2cccnc12)c1ccccc1. The number of nitrogens with one attached hydrogen (secondary N) is 2. The molecule has 0 saturated carbocycles. The molecule has 4 aromatic rings. The Balaban J connectivity index is 1.64. The summed E-state index contributed by atoms with van der Waals surface area (Å²) >= 11 is 0. The van der Waals surface area contributed by atoms with Crippen LogP contribution >= 0.6 is 0 Å². The number of aromatic nitrogens is 1. The van der Waals surface area contributed by atoms with Gasteiger partial charge in [0.2, 0.25) is 0 Å². The molecule has 4 rings (SSSR count). The van der Waals surface area contributed by atoms with Gasteiger partial charge in [0, 0.05) is 11.6 Å². The fraction of sp³-hybridized carbons (Fsp3) is 0.120. The van der Waals surface area contributed by atoms with E-state index in [9.17, 15) is 13.2 Å². The van der Waals surface area contributed by atoms with E-state index in [2.05, 4.69) is 15.0 Å². The van der Waals surface area contributed by atoms with Crippen molar-refractivity contribution in [2.45, 2.75) is 24.3 Å². The van der Waals surface area contributed by atoms with Crippen molar-refractivity contribution in [1.29, 1.82) is 0 Å². The number of carbonyl (C=O) groups excluding carboxylic acids is 1. The Bertz CT molecular complexity index is 1350. The molecule has 0 aliphatic heterocycles. The number of hydrogen-bond donors (Lipinski definition) is 2. The number of anilines is 1. The van der Waals surface area contributed by atoms with E-state index >= 15 is 0 Å². The number of sulfonamides is 1. The first-order valence-electron chi connectivity index (χ1n) is 10.3. The molecule has 0 aliphatic rings. The minimum absolute atomic E-state index is 0.0570. The molecule has 0 aliphatic carbocycles. The van der Waals surface area contributed by atoms with Gasteiger partial charge in [0.05, 0.1) is 22.8 Å². The van der Waals surface area contributed by atoms with Crippen LogP contribution in [-0.4, -0.2) is 19.3 Å². The molecular weight excluding hydrogens is 422 g/mol. The summed E-state index contributed by atoms with van der Waals surface area (Å²) in [6.07, 6.45) is 2.25. The van der Waals surface area contributed by atoms with Gasteiger partial charge < -0.3 is 5.32 Å². The quantitative estimate of drug-likeness (QED) is 0.423. The number of amides is 1. The molecule has 3 aromatic carbocycles. The molecule has 1 atom stereocenters. The Morgan fingerprint density at radius 1 is 0.906 bits per heavy atom. The zero-order valence-corrected chi connectivity index (χ0v) is 18.3. The third kappa shape index (κ3) is 4.48. The van der Waals surface area contributed by atoms with E-state index in [1.54, 1.807) is 54.7 Å². The van der Waals surface area contributed by atoms with Crippen molar-refractivity contribution >= 4 is 32.5 Å². The Morgan fingerprint density at radius 3 is 2.41 bits per heavy atom. The van der Waals surface area contributed by atoms with E-state index in [0.717, 1.165) is 10.9 Å². The van der Waals surface area contributed by atoms with E-state index in [0.29, 0.717) is 11.9 Å². The van der Waals surface area contributed by atoms with Gasteiger partial charge in [-0.2, -0.15) is 0 Å². The number of nitrogens with zero attached hydrogens (tertiary/aromatic N) is 1. The summed E-state index contributed by atoms with van der Waals surface area (Å²) < 4.78 is 29.0. The van der Waals surface area contributed by atoms with Gasteiger partial charge in [-0.3, -0.25) is 14.5 Å². The van der Waals surface area contributed by atoms with Crippen LogP contribution in [0.15, 0.2) is 96.0 Å². The highest BCUT2D eigenvalue weighted by atomic mass is 32.2. The molecule has 1 aromatic heterocycles. The summed E-state index contributed by atoms with van der Waals surface area (Å²) in [6, 6.07) is 24.6. The van der Waals surface area contributed by atoms with Crippen LogP contribution in [0.5, 0.6) is 0 Å².